The zero-order valence-electron chi connectivity index (χ0n) is 18.5. The molecule has 170 valence electrons. The van der Waals surface area contributed by atoms with Crippen LogP contribution in [0.5, 0.6) is 11.5 Å². The molecule has 1 N–H and O–H groups in total. The summed E-state index contributed by atoms with van der Waals surface area (Å²) in [6, 6.07) is 25.2. The number of hydrogen-bond acceptors (Lipinski definition) is 7. The molecule has 1 aromatic heterocycles. The second-order valence-corrected chi connectivity index (χ2v) is 8.66. The van der Waals surface area contributed by atoms with Crippen LogP contribution in [0.15, 0.2) is 84.0 Å². The van der Waals surface area contributed by atoms with Crippen molar-refractivity contribution < 1.29 is 14.3 Å². The van der Waals surface area contributed by atoms with Crippen molar-refractivity contribution in [2.75, 3.05) is 12.5 Å². The van der Waals surface area contributed by atoms with E-state index in [-0.39, 0.29) is 24.5 Å². The zero-order valence-corrected chi connectivity index (χ0v) is 19.3. The lowest BCUT2D eigenvalue weighted by Crippen LogP contribution is -2.28. The number of rotatable bonds is 7. The lowest BCUT2D eigenvalue weighted by atomic mass is 10.0. The van der Waals surface area contributed by atoms with Crippen LogP contribution in [0.25, 0.3) is 22.5 Å². The first-order valence-electron chi connectivity index (χ1n) is 10.8. The molecule has 8 heteroatoms. The molecule has 0 bridgehead atoms. The number of benzene rings is 3. The molecule has 0 spiro atoms. The van der Waals surface area contributed by atoms with Gasteiger partial charge < -0.3 is 14.8 Å². The number of fused-ring (bicyclic) bond motifs is 1. The summed E-state index contributed by atoms with van der Waals surface area (Å²) in [5.41, 5.74) is 4.27. The molecule has 0 saturated heterocycles. The summed E-state index contributed by atoms with van der Waals surface area (Å²) < 4.78 is 10.8. The average molecular weight is 471 g/mol. The number of thioether (sulfide) groups is 1. The Labute approximate surface area is 201 Å². The second-order valence-electron chi connectivity index (χ2n) is 7.71. The van der Waals surface area contributed by atoms with E-state index in [9.17, 15) is 4.79 Å². The van der Waals surface area contributed by atoms with Gasteiger partial charge in [0.25, 0.3) is 0 Å². The molecule has 2 heterocycles. The summed E-state index contributed by atoms with van der Waals surface area (Å²) >= 11 is 1.26. The van der Waals surface area contributed by atoms with Crippen molar-refractivity contribution in [2.45, 2.75) is 18.1 Å². The van der Waals surface area contributed by atoms with Gasteiger partial charge in [-0.05, 0) is 24.6 Å². The molecule has 0 aliphatic carbocycles. The van der Waals surface area contributed by atoms with Crippen LogP contribution in [-0.4, -0.2) is 33.6 Å². The molecule has 34 heavy (non-hydrogen) atoms. The predicted molar refractivity (Wildman–Crippen MR) is 131 cm³/mol. The summed E-state index contributed by atoms with van der Waals surface area (Å²) in [5, 5.41) is 12.2. The first kappa shape index (κ1) is 21.9. The number of nitrogens with zero attached hydrogens (tertiary/aromatic N) is 3. The first-order chi connectivity index (χ1) is 16.7. The summed E-state index contributed by atoms with van der Waals surface area (Å²) in [6.45, 7) is 2.15. The smallest absolute Gasteiger partial charge is 0.231 e. The standard InChI is InChI=1S/C26H22N4O3S/c1-17(20-12-13-21-22(14-20)33-16-32-21)27-23(31)15-34-26-28-24(18-8-4-2-5-9-18)25(29-30-26)19-10-6-3-7-11-19/h2-14,17H,15-16H2,1H3,(H,27,31)/t17-/m0/s1. The van der Waals surface area contributed by atoms with E-state index in [1.165, 1.54) is 11.8 Å². The van der Waals surface area contributed by atoms with Crippen LogP contribution in [0.2, 0.25) is 0 Å². The molecular formula is C26H22N4O3S. The van der Waals surface area contributed by atoms with Crippen LogP contribution in [0.3, 0.4) is 0 Å². The Morgan fingerprint density at radius 2 is 1.59 bits per heavy atom. The Kier molecular flexibility index (Phi) is 6.40. The topological polar surface area (TPSA) is 86.2 Å². The first-order valence-corrected chi connectivity index (χ1v) is 11.8. The maximum atomic E-state index is 12.6. The molecule has 1 amide bonds. The summed E-state index contributed by atoms with van der Waals surface area (Å²) in [5.74, 6) is 1.47. The Morgan fingerprint density at radius 1 is 0.912 bits per heavy atom. The lowest BCUT2D eigenvalue weighted by Gasteiger charge is -2.14. The van der Waals surface area contributed by atoms with Gasteiger partial charge in [-0.1, -0.05) is 78.5 Å². The fourth-order valence-electron chi connectivity index (χ4n) is 3.64. The number of aromatic nitrogens is 3. The lowest BCUT2D eigenvalue weighted by molar-refractivity contribution is -0.119. The van der Waals surface area contributed by atoms with Crippen molar-refractivity contribution >= 4 is 17.7 Å². The quantitative estimate of drug-likeness (QED) is 0.384. The minimum atomic E-state index is -0.179. The van der Waals surface area contributed by atoms with E-state index in [0.717, 1.165) is 28.1 Å². The van der Waals surface area contributed by atoms with Gasteiger partial charge >= 0.3 is 0 Å². The van der Waals surface area contributed by atoms with Gasteiger partial charge in [-0.15, -0.1) is 10.2 Å². The van der Waals surface area contributed by atoms with E-state index in [2.05, 4.69) is 15.5 Å². The van der Waals surface area contributed by atoms with Crippen molar-refractivity contribution in [3.63, 3.8) is 0 Å². The molecule has 4 aromatic rings. The van der Waals surface area contributed by atoms with Gasteiger partial charge in [0.05, 0.1) is 11.8 Å². The highest BCUT2D eigenvalue weighted by Crippen LogP contribution is 2.34. The van der Waals surface area contributed by atoms with E-state index in [1.54, 1.807) is 0 Å². The number of amides is 1. The number of hydrogen-bond donors (Lipinski definition) is 1. The third-order valence-corrected chi connectivity index (χ3v) is 6.21. The fourth-order valence-corrected chi connectivity index (χ4v) is 4.24. The Balaban J connectivity index is 1.29. The summed E-state index contributed by atoms with van der Waals surface area (Å²) in [7, 11) is 0. The van der Waals surface area contributed by atoms with Crippen LogP contribution < -0.4 is 14.8 Å². The van der Waals surface area contributed by atoms with Gasteiger partial charge in [-0.25, -0.2) is 4.98 Å². The molecular weight excluding hydrogens is 448 g/mol. The maximum absolute atomic E-state index is 12.6. The van der Waals surface area contributed by atoms with E-state index in [1.807, 2.05) is 85.8 Å². The van der Waals surface area contributed by atoms with Crippen molar-refractivity contribution in [1.29, 1.82) is 0 Å². The van der Waals surface area contributed by atoms with E-state index >= 15 is 0 Å². The SMILES string of the molecule is C[C@H](NC(=O)CSc1nnc(-c2ccccc2)c(-c2ccccc2)n1)c1ccc2c(c1)OCO2. The maximum Gasteiger partial charge on any atom is 0.231 e. The molecule has 1 atom stereocenters. The molecule has 0 unspecified atom stereocenters. The van der Waals surface area contributed by atoms with Crippen LogP contribution in [0.1, 0.15) is 18.5 Å². The van der Waals surface area contributed by atoms with Gasteiger partial charge in [0.1, 0.15) is 11.4 Å². The monoisotopic (exact) mass is 470 g/mol. The zero-order chi connectivity index (χ0) is 23.3. The molecule has 1 aliphatic rings. The summed E-state index contributed by atoms with van der Waals surface area (Å²) in [4.78, 5) is 17.4. The third kappa shape index (κ3) is 4.87. The second kappa shape index (κ2) is 9.93. The largest absolute Gasteiger partial charge is 0.454 e. The van der Waals surface area contributed by atoms with Gasteiger partial charge in [0, 0.05) is 11.1 Å². The minimum Gasteiger partial charge on any atom is -0.454 e. The summed E-state index contributed by atoms with van der Waals surface area (Å²) in [6.07, 6.45) is 0. The highest BCUT2D eigenvalue weighted by molar-refractivity contribution is 7.99. The molecule has 0 fully saturated rings. The molecule has 3 aromatic carbocycles. The van der Waals surface area contributed by atoms with Gasteiger partial charge in [0.15, 0.2) is 11.5 Å². The Morgan fingerprint density at radius 3 is 2.32 bits per heavy atom. The molecule has 1 aliphatic heterocycles. The Bertz CT molecular complexity index is 1300. The fraction of sp³-hybridized carbons (Fsp3) is 0.154. The molecule has 7 nitrogen and oxygen atoms in total. The number of ether oxygens (including phenoxy) is 2. The Hall–Kier alpha value is -3.91. The molecule has 5 rings (SSSR count). The van der Waals surface area contributed by atoms with E-state index in [0.29, 0.717) is 16.6 Å². The molecule has 0 radical (unpaired) electrons. The van der Waals surface area contributed by atoms with E-state index in [4.69, 9.17) is 14.5 Å². The third-order valence-electron chi connectivity index (χ3n) is 5.37. The van der Waals surface area contributed by atoms with Crippen LogP contribution in [0, 0.1) is 0 Å². The van der Waals surface area contributed by atoms with Gasteiger partial charge in [-0.2, -0.15) is 0 Å². The van der Waals surface area contributed by atoms with Crippen LogP contribution in [0.4, 0.5) is 0 Å². The van der Waals surface area contributed by atoms with Gasteiger partial charge in [-0.3, -0.25) is 4.79 Å². The highest BCUT2D eigenvalue weighted by atomic mass is 32.2. The number of nitrogens with one attached hydrogen (secondary N) is 1. The number of carbonyl (C=O) groups excluding carboxylic acids is 1. The number of carbonyl (C=O) groups is 1. The highest BCUT2D eigenvalue weighted by Gasteiger charge is 2.18. The van der Waals surface area contributed by atoms with E-state index < -0.39 is 0 Å². The van der Waals surface area contributed by atoms with Crippen molar-refractivity contribution in [3.8, 4) is 34.0 Å². The van der Waals surface area contributed by atoms with Crippen LogP contribution in [-0.2, 0) is 4.79 Å². The van der Waals surface area contributed by atoms with Crippen molar-refractivity contribution in [1.82, 2.24) is 20.5 Å². The van der Waals surface area contributed by atoms with Crippen molar-refractivity contribution in [3.05, 3.63) is 84.4 Å². The average Bonchev–Trinajstić information content (AvgIpc) is 3.36. The van der Waals surface area contributed by atoms with Gasteiger partial charge in [0.2, 0.25) is 17.9 Å². The molecule has 0 saturated carbocycles. The van der Waals surface area contributed by atoms with Crippen LogP contribution >= 0.6 is 11.8 Å². The minimum absolute atomic E-state index is 0.118. The predicted octanol–water partition coefficient (Wildman–Crippen LogP) is 4.90. The van der Waals surface area contributed by atoms with Crippen molar-refractivity contribution in [2.24, 2.45) is 0 Å². The normalized spacial score (nSPS) is 12.9.